The minimum Gasteiger partial charge on any atom is -0.335 e. The first-order valence-corrected chi connectivity index (χ1v) is 9.57. The molecule has 2 amide bonds. The predicted molar refractivity (Wildman–Crippen MR) is 94.7 cm³/mol. The molecule has 0 radical (unpaired) electrons. The second-order valence-electron chi connectivity index (χ2n) is 6.76. The fourth-order valence-electron chi connectivity index (χ4n) is 3.37. The zero-order chi connectivity index (χ0) is 18.3. The quantitative estimate of drug-likeness (QED) is 0.749. The maximum Gasteiger partial charge on any atom is 0.239 e. The Morgan fingerprint density at radius 3 is 2.65 bits per heavy atom. The molecule has 0 N–H and O–H groups in total. The predicted octanol–water partition coefficient (Wildman–Crippen LogP) is 3.57. The lowest BCUT2D eigenvalue weighted by Gasteiger charge is -2.25. The summed E-state index contributed by atoms with van der Waals surface area (Å²) in [5, 5.41) is 3.98. The molecule has 1 atom stereocenters. The number of benzene rings is 1. The standard InChI is InChI=1S/C19H18F2N2O2S/c20-16-4-3-14(9-17(16)21)22-7-5-15(18(22)24)19(25)23(13-1-2-13)10-12-6-8-26-11-12/h3-4,6,8-9,11,13,15H,1-2,5,7,10H2. The van der Waals surface area contributed by atoms with Gasteiger partial charge in [0.15, 0.2) is 11.6 Å². The van der Waals surface area contributed by atoms with Gasteiger partial charge in [0.05, 0.1) is 0 Å². The molecule has 1 aromatic heterocycles. The second kappa shape index (κ2) is 6.79. The fraction of sp³-hybridized carbons (Fsp3) is 0.368. The average Bonchev–Trinajstić information content (AvgIpc) is 3.19. The van der Waals surface area contributed by atoms with Crippen molar-refractivity contribution in [1.82, 2.24) is 4.90 Å². The van der Waals surface area contributed by atoms with Crippen molar-refractivity contribution >= 4 is 28.8 Å². The lowest BCUT2D eigenvalue weighted by atomic mass is 10.1. The van der Waals surface area contributed by atoms with E-state index < -0.39 is 17.6 Å². The number of hydrogen-bond donors (Lipinski definition) is 0. The monoisotopic (exact) mass is 376 g/mol. The highest BCUT2D eigenvalue weighted by Crippen LogP contribution is 2.33. The molecule has 136 valence electrons. The van der Waals surface area contributed by atoms with E-state index in [0.29, 0.717) is 25.2 Å². The summed E-state index contributed by atoms with van der Waals surface area (Å²) in [4.78, 5) is 28.9. The molecule has 1 unspecified atom stereocenters. The molecule has 4 nitrogen and oxygen atoms in total. The molecule has 1 saturated heterocycles. The molecule has 0 bridgehead atoms. The third kappa shape index (κ3) is 3.23. The molecule has 1 aliphatic heterocycles. The van der Waals surface area contributed by atoms with Crippen LogP contribution in [0.1, 0.15) is 24.8 Å². The number of thiophene rings is 1. The van der Waals surface area contributed by atoms with Crippen LogP contribution in [0.25, 0.3) is 0 Å². The van der Waals surface area contributed by atoms with Gasteiger partial charge in [0.1, 0.15) is 5.92 Å². The Morgan fingerprint density at radius 1 is 1.19 bits per heavy atom. The summed E-state index contributed by atoms with van der Waals surface area (Å²) in [5.41, 5.74) is 1.36. The van der Waals surface area contributed by atoms with Gasteiger partial charge in [-0.2, -0.15) is 11.3 Å². The van der Waals surface area contributed by atoms with Crippen LogP contribution in [-0.2, 0) is 16.1 Å². The summed E-state index contributed by atoms with van der Waals surface area (Å²) in [6.45, 7) is 0.846. The van der Waals surface area contributed by atoms with Crippen molar-refractivity contribution in [2.45, 2.75) is 31.8 Å². The summed E-state index contributed by atoms with van der Waals surface area (Å²) < 4.78 is 26.6. The molecule has 0 spiro atoms. The van der Waals surface area contributed by atoms with Crippen LogP contribution >= 0.6 is 11.3 Å². The molecule has 1 aliphatic carbocycles. The third-order valence-electron chi connectivity index (χ3n) is 4.92. The Morgan fingerprint density at radius 2 is 2.00 bits per heavy atom. The van der Waals surface area contributed by atoms with Crippen LogP contribution in [-0.4, -0.2) is 29.3 Å². The third-order valence-corrected chi connectivity index (χ3v) is 5.65. The number of nitrogens with zero attached hydrogens (tertiary/aromatic N) is 2. The molecule has 1 aromatic carbocycles. The Bertz CT molecular complexity index is 836. The Kier molecular flexibility index (Phi) is 4.48. The number of amides is 2. The molecule has 2 aliphatic rings. The van der Waals surface area contributed by atoms with Crippen molar-refractivity contribution in [2.24, 2.45) is 5.92 Å². The average molecular weight is 376 g/mol. The topological polar surface area (TPSA) is 40.6 Å². The lowest BCUT2D eigenvalue weighted by Crippen LogP contribution is -2.41. The molecule has 2 fully saturated rings. The van der Waals surface area contributed by atoms with E-state index in [1.54, 1.807) is 16.2 Å². The van der Waals surface area contributed by atoms with E-state index in [0.717, 1.165) is 30.5 Å². The molecule has 4 rings (SSSR count). The molecule has 1 saturated carbocycles. The Balaban J connectivity index is 1.51. The van der Waals surface area contributed by atoms with Crippen molar-refractivity contribution in [3.63, 3.8) is 0 Å². The Hall–Kier alpha value is -2.28. The summed E-state index contributed by atoms with van der Waals surface area (Å²) >= 11 is 1.58. The molecule has 2 aromatic rings. The summed E-state index contributed by atoms with van der Waals surface area (Å²) in [6, 6.07) is 5.56. The van der Waals surface area contributed by atoms with Gasteiger partial charge in [-0.25, -0.2) is 8.78 Å². The van der Waals surface area contributed by atoms with E-state index in [1.807, 2.05) is 16.8 Å². The molecule has 26 heavy (non-hydrogen) atoms. The summed E-state index contributed by atoms with van der Waals surface area (Å²) in [7, 11) is 0. The second-order valence-corrected chi connectivity index (χ2v) is 7.54. The summed E-state index contributed by atoms with van der Waals surface area (Å²) in [6.07, 6.45) is 2.32. The van der Waals surface area contributed by atoms with E-state index >= 15 is 0 Å². The van der Waals surface area contributed by atoms with Gasteiger partial charge in [0.2, 0.25) is 11.8 Å². The number of rotatable bonds is 5. The van der Waals surface area contributed by atoms with Crippen LogP contribution < -0.4 is 4.90 Å². The summed E-state index contributed by atoms with van der Waals surface area (Å²) in [5.74, 6) is -3.20. The highest BCUT2D eigenvalue weighted by molar-refractivity contribution is 7.07. The zero-order valence-electron chi connectivity index (χ0n) is 14.0. The lowest BCUT2D eigenvalue weighted by molar-refractivity contribution is -0.140. The van der Waals surface area contributed by atoms with Crippen LogP contribution in [0.5, 0.6) is 0 Å². The zero-order valence-corrected chi connectivity index (χ0v) is 14.8. The van der Waals surface area contributed by atoms with E-state index in [9.17, 15) is 18.4 Å². The molecule has 2 heterocycles. The van der Waals surface area contributed by atoms with Gasteiger partial charge in [-0.3, -0.25) is 9.59 Å². The minimum atomic E-state index is -0.998. The number of anilines is 1. The van der Waals surface area contributed by atoms with Crippen molar-refractivity contribution in [1.29, 1.82) is 0 Å². The maximum atomic E-state index is 13.5. The minimum absolute atomic E-state index is 0.159. The number of carbonyl (C=O) groups is 2. The van der Waals surface area contributed by atoms with E-state index in [-0.39, 0.29) is 17.9 Å². The van der Waals surface area contributed by atoms with Gasteiger partial charge >= 0.3 is 0 Å². The van der Waals surface area contributed by atoms with E-state index in [4.69, 9.17) is 0 Å². The van der Waals surface area contributed by atoms with Crippen LogP contribution in [0, 0.1) is 17.6 Å². The SMILES string of the molecule is O=C1C(C(=O)N(Cc2ccsc2)C2CC2)CCN1c1ccc(F)c(F)c1. The van der Waals surface area contributed by atoms with Crippen LogP contribution in [0.3, 0.4) is 0 Å². The fourth-order valence-corrected chi connectivity index (χ4v) is 4.03. The number of hydrogen-bond acceptors (Lipinski definition) is 3. The van der Waals surface area contributed by atoms with Gasteiger partial charge < -0.3 is 9.80 Å². The van der Waals surface area contributed by atoms with Gasteiger partial charge in [-0.05, 0) is 53.8 Å². The maximum absolute atomic E-state index is 13.5. The Labute approximate surface area is 154 Å². The normalized spacial score (nSPS) is 19.8. The number of halogens is 2. The largest absolute Gasteiger partial charge is 0.335 e. The molecular weight excluding hydrogens is 358 g/mol. The van der Waals surface area contributed by atoms with Crippen molar-refractivity contribution in [3.05, 3.63) is 52.2 Å². The first-order chi connectivity index (χ1) is 12.5. The molecule has 7 heteroatoms. The van der Waals surface area contributed by atoms with Gasteiger partial charge in [0.25, 0.3) is 0 Å². The van der Waals surface area contributed by atoms with Crippen molar-refractivity contribution in [3.8, 4) is 0 Å². The van der Waals surface area contributed by atoms with Crippen LogP contribution in [0.2, 0.25) is 0 Å². The van der Waals surface area contributed by atoms with E-state index in [2.05, 4.69) is 0 Å². The first kappa shape index (κ1) is 17.1. The van der Waals surface area contributed by atoms with E-state index in [1.165, 1.54) is 11.0 Å². The van der Waals surface area contributed by atoms with Gasteiger partial charge in [-0.1, -0.05) is 0 Å². The smallest absolute Gasteiger partial charge is 0.239 e. The molecular formula is C19H18F2N2O2S. The highest BCUT2D eigenvalue weighted by atomic mass is 32.1. The van der Waals surface area contributed by atoms with Gasteiger partial charge in [-0.15, -0.1) is 0 Å². The number of carbonyl (C=O) groups excluding carboxylic acids is 2. The van der Waals surface area contributed by atoms with Crippen LogP contribution in [0.4, 0.5) is 14.5 Å². The van der Waals surface area contributed by atoms with Crippen LogP contribution in [0.15, 0.2) is 35.0 Å². The van der Waals surface area contributed by atoms with Crippen molar-refractivity contribution < 1.29 is 18.4 Å². The highest BCUT2D eigenvalue weighted by Gasteiger charge is 2.43. The first-order valence-electron chi connectivity index (χ1n) is 8.62. The van der Waals surface area contributed by atoms with Crippen molar-refractivity contribution in [2.75, 3.05) is 11.4 Å². The van der Waals surface area contributed by atoms with Gasteiger partial charge in [0, 0.05) is 30.9 Å².